The number of alkyl halides is 1. The highest BCUT2D eigenvalue weighted by Gasteiger charge is 1.84. The van der Waals surface area contributed by atoms with E-state index in [9.17, 15) is 0 Å². The van der Waals surface area contributed by atoms with Crippen LogP contribution in [0.4, 0.5) is 0 Å². The molecule has 1 radical (unpaired) electrons. The monoisotopic (exact) mass is 135 g/mol. The Morgan fingerprint density at radius 1 is 1.62 bits per heavy atom. The van der Waals surface area contributed by atoms with Gasteiger partial charge in [-0.2, -0.15) is 0 Å². The summed E-state index contributed by atoms with van der Waals surface area (Å²) >= 11 is 5.40. The number of rotatable bonds is 5. The molecule has 0 N–H and O–H groups in total. The normalized spacial score (nSPS) is 9.75. The first-order chi connectivity index (χ1) is 3.91. The van der Waals surface area contributed by atoms with Gasteiger partial charge in [0.05, 0.1) is 6.61 Å². The van der Waals surface area contributed by atoms with Crippen LogP contribution in [0.1, 0.15) is 19.8 Å². The van der Waals surface area contributed by atoms with E-state index >= 15 is 0 Å². The first-order valence-corrected chi connectivity index (χ1v) is 3.44. The molecule has 0 aliphatic heterocycles. The zero-order valence-corrected chi connectivity index (χ0v) is 5.95. The van der Waals surface area contributed by atoms with Crippen molar-refractivity contribution in [3.8, 4) is 0 Å². The van der Waals surface area contributed by atoms with E-state index in [2.05, 4.69) is 0 Å². The van der Waals surface area contributed by atoms with Crippen LogP contribution in [0.3, 0.4) is 0 Å². The molecular weight excluding hydrogens is 124 g/mol. The summed E-state index contributed by atoms with van der Waals surface area (Å²) in [5.41, 5.74) is 0. The largest absolute Gasteiger partial charge is 0.376 e. The first kappa shape index (κ1) is 8.25. The molecule has 0 saturated carbocycles. The van der Waals surface area contributed by atoms with Crippen LogP contribution in [-0.2, 0) is 4.74 Å². The second kappa shape index (κ2) is 7.25. The highest BCUT2D eigenvalue weighted by Crippen LogP contribution is 1.95. The van der Waals surface area contributed by atoms with Crippen molar-refractivity contribution in [2.75, 3.05) is 12.5 Å². The Labute approximate surface area is 56.0 Å². The molecule has 0 aliphatic carbocycles. The first-order valence-electron chi connectivity index (χ1n) is 2.91. The maximum atomic E-state index is 5.40. The van der Waals surface area contributed by atoms with Gasteiger partial charge in [-0.3, -0.25) is 0 Å². The highest BCUT2D eigenvalue weighted by molar-refractivity contribution is 6.17. The van der Waals surface area contributed by atoms with Crippen LogP contribution in [0, 0.1) is 6.61 Å². The second-order valence-electron chi connectivity index (χ2n) is 1.45. The van der Waals surface area contributed by atoms with Gasteiger partial charge in [0.1, 0.15) is 0 Å². The van der Waals surface area contributed by atoms with E-state index in [-0.39, 0.29) is 0 Å². The van der Waals surface area contributed by atoms with Gasteiger partial charge in [-0.25, -0.2) is 0 Å². The van der Waals surface area contributed by atoms with Crippen molar-refractivity contribution in [2.24, 2.45) is 0 Å². The van der Waals surface area contributed by atoms with Gasteiger partial charge in [-0.1, -0.05) is 0 Å². The van der Waals surface area contributed by atoms with E-state index in [0.29, 0.717) is 0 Å². The van der Waals surface area contributed by atoms with E-state index in [1.54, 1.807) is 0 Å². The molecule has 0 unspecified atom stereocenters. The average Bonchev–Trinajstić information content (AvgIpc) is 1.81. The molecule has 1 nitrogen and oxygen atoms in total. The summed E-state index contributed by atoms with van der Waals surface area (Å²) in [5.74, 6) is 0.726. The maximum Gasteiger partial charge on any atom is 0.0836 e. The SMILES string of the molecule is CCO[CH]CCCCl. The summed E-state index contributed by atoms with van der Waals surface area (Å²) in [6, 6.07) is 0. The Kier molecular flexibility index (Phi) is 7.48. The van der Waals surface area contributed by atoms with Gasteiger partial charge in [-0.15, -0.1) is 11.6 Å². The fourth-order valence-electron chi connectivity index (χ4n) is 0.362. The lowest BCUT2D eigenvalue weighted by atomic mass is 10.4. The molecule has 0 aliphatic rings. The van der Waals surface area contributed by atoms with Crippen LogP contribution < -0.4 is 0 Å². The minimum atomic E-state index is 0.726. The van der Waals surface area contributed by atoms with Crippen molar-refractivity contribution in [1.29, 1.82) is 0 Å². The molecular formula is C6H12ClO. The Morgan fingerprint density at radius 3 is 2.88 bits per heavy atom. The standard InChI is InChI=1S/C6H12ClO/c1-2-8-6-4-3-5-7/h6H,2-5H2,1H3. The van der Waals surface area contributed by atoms with Gasteiger partial charge in [0.25, 0.3) is 0 Å². The van der Waals surface area contributed by atoms with Gasteiger partial charge < -0.3 is 4.74 Å². The average molecular weight is 136 g/mol. The summed E-state index contributed by atoms with van der Waals surface area (Å²) in [6.07, 6.45) is 1.99. The van der Waals surface area contributed by atoms with Crippen LogP contribution in [0.15, 0.2) is 0 Å². The number of hydrogen-bond donors (Lipinski definition) is 0. The maximum absolute atomic E-state index is 5.40. The summed E-state index contributed by atoms with van der Waals surface area (Å²) in [7, 11) is 0. The zero-order valence-electron chi connectivity index (χ0n) is 5.19. The van der Waals surface area contributed by atoms with Gasteiger partial charge in [0.15, 0.2) is 0 Å². The Bertz CT molecular complexity index is 33.5. The molecule has 0 bridgehead atoms. The number of halogens is 1. The van der Waals surface area contributed by atoms with Crippen molar-refractivity contribution < 1.29 is 4.74 Å². The van der Waals surface area contributed by atoms with Crippen LogP contribution >= 0.6 is 11.6 Å². The molecule has 0 heterocycles. The molecule has 0 atom stereocenters. The van der Waals surface area contributed by atoms with Gasteiger partial charge >= 0.3 is 0 Å². The summed E-state index contributed by atoms with van der Waals surface area (Å²) in [5, 5.41) is 0. The minimum absolute atomic E-state index is 0.726. The van der Waals surface area contributed by atoms with Crippen LogP contribution in [-0.4, -0.2) is 12.5 Å². The predicted molar refractivity (Wildman–Crippen MR) is 35.9 cm³/mol. The Balaban J connectivity index is 2.53. The minimum Gasteiger partial charge on any atom is -0.376 e. The molecule has 2 heteroatoms. The van der Waals surface area contributed by atoms with E-state index in [0.717, 1.165) is 25.3 Å². The third-order valence-electron chi connectivity index (χ3n) is 0.740. The lowest BCUT2D eigenvalue weighted by Crippen LogP contribution is -1.86. The Hall–Kier alpha value is 0.250. The second-order valence-corrected chi connectivity index (χ2v) is 1.83. The van der Waals surface area contributed by atoms with Crippen molar-refractivity contribution >= 4 is 11.6 Å². The highest BCUT2D eigenvalue weighted by atomic mass is 35.5. The van der Waals surface area contributed by atoms with Crippen LogP contribution in [0.2, 0.25) is 0 Å². The third-order valence-corrected chi connectivity index (χ3v) is 1.01. The fraction of sp³-hybridized carbons (Fsp3) is 0.833. The predicted octanol–water partition coefficient (Wildman–Crippen LogP) is 2.20. The van der Waals surface area contributed by atoms with E-state index < -0.39 is 0 Å². The summed E-state index contributed by atoms with van der Waals surface area (Å²) in [4.78, 5) is 0. The summed E-state index contributed by atoms with van der Waals surface area (Å²) in [6.45, 7) is 4.54. The Morgan fingerprint density at radius 2 is 2.38 bits per heavy atom. The molecule has 0 spiro atoms. The smallest absolute Gasteiger partial charge is 0.0836 e. The van der Waals surface area contributed by atoms with E-state index in [1.165, 1.54) is 0 Å². The molecule has 0 aromatic heterocycles. The summed E-state index contributed by atoms with van der Waals surface area (Å²) < 4.78 is 4.95. The van der Waals surface area contributed by atoms with Crippen molar-refractivity contribution in [3.63, 3.8) is 0 Å². The van der Waals surface area contributed by atoms with Gasteiger partial charge in [0.2, 0.25) is 0 Å². The lowest BCUT2D eigenvalue weighted by molar-refractivity contribution is 0.207. The van der Waals surface area contributed by atoms with Crippen molar-refractivity contribution in [3.05, 3.63) is 6.61 Å². The number of unbranched alkanes of at least 4 members (excludes halogenated alkanes) is 1. The molecule has 49 valence electrons. The topological polar surface area (TPSA) is 9.23 Å². The quantitative estimate of drug-likeness (QED) is 0.415. The van der Waals surface area contributed by atoms with Crippen LogP contribution in [0.5, 0.6) is 0 Å². The van der Waals surface area contributed by atoms with E-state index in [4.69, 9.17) is 16.3 Å². The van der Waals surface area contributed by atoms with Crippen molar-refractivity contribution in [1.82, 2.24) is 0 Å². The molecule has 8 heavy (non-hydrogen) atoms. The van der Waals surface area contributed by atoms with Gasteiger partial charge in [-0.05, 0) is 19.8 Å². The number of ether oxygens (including phenoxy) is 1. The molecule has 0 amide bonds. The zero-order chi connectivity index (χ0) is 6.24. The lowest BCUT2D eigenvalue weighted by Gasteiger charge is -1.95. The fourth-order valence-corrected chi connectivity index (χ4v) is 0.516. The van der Waals surface area contributed by atoms with Crippen molar-refractivity contribution in [2.45, 2.75) is 19.8 Å². The molecule has 0 fully saturated rings. The number of hydrogen-bond acceptors (Lipinski definition) is 1. The molecule has 0 aromatic carbocycles. The third kappa shape index (κ3) is 6.25. The molecule has 0 saturated heterocycles. The molecule has 0 rings (SSSR count). The van der Waals surface area contributed by atoms with Gasteiger partial charge in [0, 0.05) is 12.5 Å². The molecule has 0 aromatic rings. The van der Waals surface area contributed by atoms with E-state index in [1.807, 2.05) is 13.5 Å². The van der Waals surface area contributed by atoms with Crippen LogP contribution in [0.25, 0.3) is 0 Å².